The maximum absolute atomic E-state index is 11.9. The highest BCUT2D eigenvalue weighted by Crippen LogP contribution is 2.08. The number of rotatable bonds is 3. The molecule has 1 fully saturated rings. The van der Waals surface area contributed by atoms with E-state index in [-0.39, 0.29) is 11.7 Å². The zero-order valence-corrected chi connectivity index (χ0v) is 10.0. The molecule has 1 aromatic rings. The summed E-state index contributed by atoms with van der Waals surface area (Å²) in [6.45, 7) is 3.74. The Hall–Kier alpha value is -1.96. The summed E-state index contributed by atoms with van der Waals surface area (Å²) in [4.78, 5) is 30.1. The molecule has 1 aliphatic rings. The summed E-state index contributed by atoms with van der Waals surface area (Å²) >= 11 is 0. The van der Waals surface area contributed by atoms with Crippen LogP contribution in [0.2, 0.25) is 0 Å². The molecule has 18 heavy (non-hydrogen) atoms. The fraction of sp³-hybridized carbons (Fsp3) is 0.600. The summed E-state index contributed by atoms with van der Waals surface area (Å²) in [6.07, 6.45) is 1.29. The van der Waals surface area contributed by atoms with Crippen LogP contribution in [0.3, 0.4) is 0 Å². The number of piperazine rings is 1. The van der Waals surface area contributed by atoms with E-state index in [0.29, 0.717) is 26.2 Å². The Morgan fingerprint density at radius 3 is 2.56 bits per heavy atom. The first kappa shape index (κ1) is 12.5. The highest BCUT2D eigenvalue weighted by atomic mass is 16.4. The molecule has 2 heterocycles. The Morgan fingerprint density at radius 2 is 2.06 bits per heavy atom. The molecule has 0 saturated carbocycles. The minimum absolute atomic E-state index is 0.199. The van der Waals surface area contributed by atoms with E-state index in [0.717, 1.165) is 0 Å². The third kappa shape index (κ3) is 2.48. The predicted octanol–water partition coefficient (Wildman–Crippen LogP) is -0.964. The molecule has 2 N–H and O–H groups in total. The Morgan fingerprint density at radius 1 is 1.39 bits per heavy atom. The summed E-state index contributed by atoms with van der Waals surface area (Å²) in [6, 6.07) is -0.521. The van der Waals surface area contributed by atoms with Crippen LogP contribution in [-0.2, 0) is 4.79 Å². The molecule has 1 aromatic heterocycles. The number of aromatic amines is 1. The average Bonchev–Trinajstić information content (AvgIpc) is 2.91. The number of carboxylic acids is 1. The lowest BCUT2D eigenvalue weighted by atomic mass is 10.2. The van der Waals surface area contributed by atoms with Crippen LogP contribution in [0.15, 0.2) is 6.33 Å². The van der Waals surface area contributed by atoms with Gasteiger partial charge in [-0.05, 0) is 6.92 Å². The van der Waals surface area contributed by atoms with E-state index in [2.05, 4.69) is 15.2 Å². The van der Waals surface area contributed by atoms with Gasteiger partial charge in [0.25, 0.3) is 5.91 Å². The van der Waals surface area contributed by atoms with Crippen molar-refractivity contribution in [2.45, 2.75) is 13.0 Å². The van der Waals surface area contributed by atoms with Crippen LogP contribution in [0.4, 0.5) is 0 Å². The van der Waals surface area contributed by atoms with Crippen molar-refractivity contribution < 1.29 is 14.7 Å². The molecule has 0 aliphatic carbocycles. The molecule has 8 nitrogen and oxygen atoms in total. The maximum atomic E-state index is 11.9. The molecule has 1 unspecified atom stereocenters. The number of carbonyl (C=O) groups is 2. The van der Waals surface area contributed by atoms with Gasteiger partial charge in [0.2, 0.25) is 5.82 Å². The van der Waals surface area contributed by atoms with Gasteiger partial charge >= 0.3 is 5.97 Å². The van der Waals surface area contributed by atoms with Gasteiger partial charge in [0.15, 0.2) is 0 Å². The Labute approximate surface area is 104 Å². The van der Waals surface area contributed by atoms with Gasteiger partial charge in [0, 0.05) is 26.2 Å². The monoisotopic (exact) mass is 253 g/mol. The van der Waals surface area contributed by atoms with E-state index in [1.807, 2.05) is 4.90 Å². The standard InChI is InChI=1S/C10H15N5O3/c1-7(10(17)18)14-2-4-15(5-3-14)9(16)8-11-6-12-13-8/h6-7H,2-5H2,1H3,(H,17,18)(H,11,12,13). The van der Waals surface area contributed by atoms with Crippen LogP contribution in [0.25, 0.3) is 0 Å². The molecule has 0 radical (unpaired) electrons. The van der Waals surface area contributed by atoms with Gasteiger partial charge in [-0.1, -0.05) is 0 Å². The number of H-pyrrole nitrogens is 1. The van der Waals surface area contributed by atoms with Crippen LogP contribution in [-0.4, -0.2) is 74.2 Å². The lowest BCUT2D eigenvalue weighted by Gasteiger charge is -2.36. The summed E-state index contributed by atoms with van der Waals surface area (Å²) in [5.41, 5.74) is 0. The molecular weight excluding hydrogens is 238 g/mol. The van der Waals surface area contributed by atoms with Gasteiger partial charge in [-0.2, -0.15) is 5.10 Å². The van der Waals surface area contributed by atoms with Gasteiger partial charge < -0.3 is 10.0 Å². The first-order valence-electron chi connectivity index (χ1n) is 5.71. The van der Waals surface area contributed by atoms with Crippen LogP contribution in [0, 0.1) is 0 Å². The molecule has 98 valence electrons. The van der Waals surface area contributed by atoms with Gasteiger partial charge in [-0.3, -0.25) is 19.6 Å². The number of amides is 1. The molecule has 2 rings (SSSR count). The van der Waals surface area contributed by atoms with E-state index in [1.165, 1.54) is 6.33 Å². The van der Waals surface area contributed by atoms with E-state index in [9.17, 15) is 9.59 Å². The first-order valence-corrected chi connectivity index (χ1v) is 5.71. The number of hydrogen-bond acceptors (Lipinski definition) is 5. The van der Waals surface area contributed by atoms with Crippen molar-refractivity contribution >= 4 is 11.9 Å². The molecule has 0 spiro atoms. The lowest BCUT2D eigenvalue weighted by molar-refractivity contribution is -0.143. The minimum Gasteiger partial charge on any atom is -0.480 e. The topological polar surface area (TPSA) is 102 Å². The molecular formula is C10H15N5O3. The SMILES string of the molecule is CC(C(=O)O)N1CCN(C(=O)c2ncn[nH]2)CC1. The van der Waals surface area contributed by atoms with Crippen LogP contribution >= 0.6 is 0 Å². The third-order valence-electron chi connectivity index (χ3n) is 3.12. The zero-order valence-electron chi connectivity index (χ0n) is 10.0. The minimum atomic E-state index is -0.843. The van der Waals surface area contributed by atoms with Crippen molar-refractivity contribution in [3.63, 3.8) is 0 Å². The second-order valence-electron chi connectivity index (χ2n) is 4.18. The van der Waals surface area contributed by atoms with E-state index >= 15 is 0 Å². The third-order valence-corrected chi connectivity index (χ3v) is 3.12. The molecule has 8 heteroatoms. The number of aliphatic carboxylic acids is 1. The van der Waals surface area contributed by atoms with Crippen molar-refractivity contribution in [2.75, 3.05) is 26.2 Å². The lowest BCUT2D eigenvalue weighted by Crippen LogP contribution is -2.53. The number of carbonyl (C=O) groups excluding carboxylic acids is 1. The smallest absolute Gasteiger partial charge is 0.320 e. The second-order valence-corrected chi connectivity index (χ2v) is 4.18. The summed E-state index contributed by atoms with van der Waals surface area (Å²) < 4.78 is 0. The van der Waals surface area contributed by atoms with Crippen LogP contribution in [0.1, 0.15) is 17.5 Å². The van der Waals surface area contributed by atoms with Crippen molar-refractivity contribution in [3.05, 3.63) is 12.2 Å². The van der Waals surface area contributed by atoms with Gasteiger partial charge in [-0.25, -0.2) is 4.98 Å². The summed E-state index contributed by atoms with van der Waals surface area (Å²) in [7, 11) is 0. The molecule has 1 amide bonds. The maximum Gasteiger partial charge on any atom is 0.320 e. The van der Waals surface area contributed by atoms with E-state index < -0.39 is 12.0 Å². The second kappa shape index (κ2) is 5.13. The van der Waals surface area contributed by atoms with Crippen molar-refractivity contribution in [1.29, 1.82) is 0 Å². The largest absolute Gasteiger partial charge is 0.480 e. The fourth-order valence-electron chi connectivity index (χ4n) is 1.93. The molecule has 1 saturated heterocycles. The number of hydrogen-bond donors (Lipinski definition) is 2. The number of nitrogens with one attached hydrogen (secondary N) is 1. The fourth-order valence-corrected chi connectivity index (χ4v) is 1.93. The summed E-state index contributed by atoms with van der Waals surface area (Å²) in [5.74, 6) is -0.824. The van der Waals surface area contributed by atoms with Gasteiger partial charge in [0.1, 0.15) is 12.4 Å². The average molecular weight is 253 g/mol. The first-order chi connectivity index (χ1) is 8.59. The number of nitrogens with zero attached hydrogens (tertiary/aromatic N) is 4. The van der Waals surface area contributed by atoms with E-state index in [1.54, 1.807) is 11.8 Å². The van der Waals surface area contributed by atoms with Gasteiger partial charge in [-0.15, -0.1) is 0 Å². The Balaban J connectivity index is 1.91. The van der Waals surface area contributed by atoms with Crippen molar-refractivity contribution in [2.24, 2.45) is 0 Å². The van der Waals surface area contributed by atoms with Crippen molar-refractivity contribution in [1.82, 2.24) is 25.0 Å². The zero-order chi connectivity index (χ0) is 13.1. The van der Waals surface area contributed by atoms with E-state index in [4.69, 9.17) is 5.11 Å². The summed E-state index contributed by atoms with van der Waals surface area (Å²) in [5, 5.41) is 15.1. The molecule has 1 atom stereocenters. The predicted molar refractivity (Wildman–Crippen MR) is 61.0 cm³/mol. The Bertz CT molecular complexity index is 425. The molecule has 0 aromatic carbocycles. The quantitative estimate of drug-likeness (QED) is 0.719. The van der Waals surface area contributed by atoms with Crippen LogP contribution < -0.4 is 0 Å². The normalized spacial score (nSPS) is 18.6. The highest BCUT2D eigenvalue weighted by molar-refractivity contribution is 5.90. The van der Waals surface area contributed by atoms with Crippen LogP contribution in [0.5, 0.6) is 0 Å². The highest BCUT2D eigenvalue weighted by Gasteiger charge is 2.28. The Kier molecular flexibility index (Phi) is 3.56. The number of aromatic nitrogens is 3. The van der Waals surface area contributed by atoms with Crippen molar-refractivity contribution in [3.8, 4) is 0 Å². The number of carboxylic acid groups (broad SMARTS) is 1. The molecule has 0 bridgehead atoms. The molecule has 1 aliphatic heterocycles. The van der Waals surface area contributed by atoms with Gasteiger partial charge in [0.05, 0.1) is 0 Å².